The number of hydrogen-bond acceptors (Lipinski definition) is 3. The molecular weight excluding hydrogens is 236 g/mol. The highest BCUT2D eigenvalue weighted by Crippen LogP contribution is 2.31. The molecule has 3 rings (SSSR count). The van der Waals surface area contributed by atoms with Gasteiger partial charge >= 0.3 is 0 Å². The number of alkyl halides is 1. The van der Waals surface area contributed by atoms with Gasteiger partial charge in [0.25, 0.3) is 0 Å². The number of hydrogen-bond donors (Lipinski definition) is 1. The molecule has 17 heavy (non-hydrogen) atoms. The standard InChI is InChI=1S/C12H15ClN4/c13-5-7-17(9-2-1-3-9)12-10-4-6-14-11(10)15-8-16-12/h4,6,8-9H,1-3,5,7H2,(H,14,15,16). The van der Waals surface area contributed by atoms with Gasteiger partial charge in [-0.3, -0.25) is 0 Å². The maximum absolute atomic E-state index is 5.90. The van der Waals surface area contributed by atoms with E-state index in [1.165, 1.54) is 19.3 Å². The molecule has 1 N–H and O–H groups in total. The first-order valence-corrected chi connectivity index (χ1v) is 6.54. The van der Waals surface area contributed by atoms with Crippen LogP contribution in [0.25, 0.3) is 11.0 Å². The van der Waals surface area contributed by atoms with Crippen molar-refractivity contribution < 1.29 is 0 Å². The molecular formula is C12H15ClN4. The van der Waals surface area contributed by atoms with E-state index in [1.807, 2.05) is 12.3 Å². The van der Waals surface area contributed by atoms with Crippen molar-refractivity contribution in [2.75, 3.05) is 17.3 Å². The molecule has 2 aromatic rings. The van der Waals surface area contributed by atoms with Gasteiger partial charge in [0, 0.05) is 24.7 Å². The number of aromatic amines is 1. The molecule has 0 saturated heterocycles. The van der Waals surface area contributed by atoms with Crippen molar-refractivity contribution in [1.29, 1.82) is 0 Å². The second-order valence-electron chi connectivity index (χ2n) is 4.40. The summed E-state index contributed by atoms with van der Waals surface area (Å²) >= 11 is 5.90. The molecule has 5 heteroatoms. The zero-order valence-corrected chi connectivity index (χ0v) is 10.3. The van der Waals surface area contributed by atoms with E-state index in [4.69, 9.17) is 11.6 Å². The largest absolute Gasteiger partial charge is 0.352 e. The molecule has 1 aliphatic rings. The molecule has 0 spiro atoms. The minimum atomic E-state index is 0.599. The first-order valence-electron chi connectivity index (χ1n) is 6.01. The Labute approximate surface area is 105 Å². The van der Waals surface area contributed by atoms with Crippen molar-refractivity contribution in [2.24, 2.45) is 0 Å². The molecule has 0 unspecified atom stereocenters. The monoisotopic (exact) mass is 250 g/mol. The van der Waals surface area contributed by atoms with E-state index in [0.717, 1.165) is 23.4 Å². The topological polar surface area (TPSA) is 44.8 Å². The third kappa shape index (κ3) is 1.86. The van der Waals surface area contributed by atoms with Crippen LogP contribution in [-0.4, -0.2) is 33.4 Å². The van der Waals surface area contributed by atoms with Crippen molar-refractivity contribution in [1.82, 2.24) is 15.0 Å². The Morgan fingerprint density at radius 3 is 3.00 bits per heavy atom. The Kier molecular flexibility index (Phi) is 2.89. The van der Waals surface area contributed by atoms with Gasteiger partial charge in [-0.05, 0) is 25.3 Å². The molecule has 1 saturated carbocycles. The zero-order valence-electron chi connectivity index (χ0n) is 9.56. The Morgan fingerprint density at radius 1 is 1.41 bits per heavy atom. The lowest BCUT2D eigenvalue weighted by atomic mass is 9.91. The van der Waals surface area contributed by atoms with Gasteiger partial charge in [0.1, 0.15) is 17.8 Å². The number of halogens is 1. The second kappa shape index (κ2) is 4.53. The summed E-state index contributed by atoms with van der Waals surface area (Å²) in [6.45, 7) is 0.851. The van der Waals surface area contributed by atoms with Gasteiger partial charge in [-0.2, -0.15) is 0 Å². The van der Waals surface area contributed by atoms with Crippen molar-refractivity contribution in [3.63, 3.8) is 0 Å². The van der Waals surface area contributed by atoms with Crippen molar-refractivity contribution in [3.05, 3.63) is 18.6 Å². The molecule has 2 heterocycles. The number of fused-ring (bicyclic) bond motifs is 1. The Hall–Kier alpha value is -1.29. The Morgan fingerprint density at radius 2 is 2.29 bits per heavy atom. The number of anilines is 1. The summed E-state index contributed by atoms with van der Waals surface area (Å²) in [4.78, 5) is 14.1. The van der Waals surface area contributed by atoms with Crippen LogP contribution in [0, 0.1) is 0 Å². The molecule has 0 aromatic carbocycles. The first-order chi connectivity index (χ1) is 8.40. The fourth-order valence-electron chi connectivity index (χ4n) is 2.34. The highest BCUT2D eigenvalue weighted by Gasteiger charge is 2.26. The summed E-state index contributed by atoms with van der Waals surface area (Å²) < 4.78 is 0. The first kappa shape index (κ1) is 10.8. The number of nitrogens with zero attached hydrogens (tertiary/aromatic N) is 3. The van der Waals surface area contributed by atoms with Gasteiger partial charge in [-0.15, -0.1) is 11.6 Å². The number of rotatable bonds is 4. The zero-order chi connectivity index (χ0) is 11.7. The van der Waals surface area contributed by atoms with Crippen LogP contribution in [-0.2, 0) is 0 Å². The third-order valence-electron chi connectivity index (χ3n) is 3.45. The molecule has 4 nitrogen and oxygen atoms in total. The van der Waals surface area contributed by atoms with Gasteiger partial charge in [0.15, 0.2) is 0 Å². The second-order valence-corrected chi connectivity index (χ2v) is 4.78. The summed E-state index contributed by atoms with van der Waals surface area (Å²) in [5.74, 6) is 1.65. The van der Waals surface area contributed by atoms with Crippen LogP contribution in [0.1, 0.15) is 19.3 Å². The van der Waals surface area contributed by atoms with Crippen molar-refractivity contribution in [2.45, 2.75) is 25.3 Å². The highest BCUT2D eigenvalue weighted by molar-refractivity contribution is 6.18. The predicted molar refractivity (Wildman–Crippen MR) is 69.6 cm³/mol. The van der Waals surface area contributed by atoms with Crippen LogP contribution in [0.5, 0.6) is 0 Å². The smallest absolute Gasteiger partial charge is 0.142 e. The van der Waals surface area contributed by atoms with Gasteiger partial charge < -0.3 is 9.88 Å². The molecule has 0 amide bonds. The summed E-state index contributed by atoms with van der Waals surface area (Å²) in [6.07, 6.45) is 7.32. The molecule has 1 fully saturated rings. The highest BCUT2D eigenvalue weighted by atomic mass is 35.5. The normalized spacial score (nSPS) is 16.1. The van der Waals surface area contributed by atoms with E-state index in [2.05, 4.69) is 19.9 Å². The molecule has 0 atom stereocenters. The Bertz CT molecular complexity index is 506. The van der Waals surface area contributed by atoms with Crippen LogP contribution in [0.15, 0.2) is 18.6 Å². The fourth-order valence-corrected chi connectivity index (χ4v) is 2.52. The summed E-state index contributed by atoms with van der Waals surface area (Å²) in [6, 6.07) is 2.63. The number of H-pyrrole nitrogens is 1. The summed E-state index contributed by atoms with van der Waals surface area (Å²) in [5.41, 5.74) is 0.897. The van der Waals surface area contributed by atoms with Gasteiger partial charge in [0.2, 0.25) is 0 Å². The average molecular weight is 251 g/mol. The third-order valence-corrected chi connectivity index (χ3v) is 3.61. The lowest BCUT2D eigenvalue weighted by Crippen LogP contribution is -2.42. The summed E-state index contributed by atoms with van der Waals surface area (Å²) in [7, 11) is 0. The minimum absolute atomic E-state index is 0.599. The molecule has 2 aromatic heterocycles. The number of aromatic nitrogens is 3. The van der Waals surface area contributed by atoms with Crippen LogP contribution >= 0.6 is 11.6 Å². The fraction of sp³-hybridized carbons (Fsp3) is 0.500. The van der Waals surface area contributed by atoms with E-state index in [-0.39, 0.29) is 0 Å². The minimum Gasteiger partial charge on any atom is -0.352 e. The van der Waals surface area contributed by atoms with E-state index in [0.29, 0.717) is 11.9 Å². The van der Waals surface area contributed by atoms with Gasteiger partial charge in [0.05, 0.1) is 5.39 Å². The molecule has 90 valence electrons. The van der Waals surface area contributed by atoms with Crippen LogP contribution < -0.4 is 4.90 Å². The number of nitrogens with one attached hydrogen (secondary N) is 1. The van der Waals surface area contributed by atoms with E-state index < -0.39 is 0 Å². The van der Waals surface area contributed by atoms with E-state index >= 15 is 0 Å². The van der Waals surface area contributed by atoms with Crippen LogP contribution in [0.4, 0.5) is 5.82 Å². The van der Waals surface area contributed by atoms with Crippen molar-refractivity contribution >= 4 is 28.5 Å². The predicted octanol–water partition coefficient (Wildman–Crippen LogP) is 2.56. The quantitative estimate of drug-likeness (QED) is 0.849. The molecule has 0 bridgehead atoms. The molecule has 0 radical (unpaired) electrons. The molecule has 0 aliphatic heterocycles. The van der Waals surface area contributed by atoms with E-state index in [9.17, 15) is 0 Å². The van der Waals surface area contributed by atoms with E-state index in [1.54, 1.807) is 6.33 Å². The van der Waals surface area contributed by atoms with Gasteiger partial charge in [-0.25, -0.2) is 9.97 Å². The van der Waals surface area contributed by atoms with Crippen LogP contribution in [0.2, 0.25) is 0 Å². The SMILES string of the molecule is ClCCN(c1ncnc2[nH]ccc12)C1CCC1. The van der Waals surface area contributed by atoms with Crippen LogP contribution in [0.3, 0.4) is 0 Å². The Balaban J connectivity index is 2.01. The molecule has 1 aliphatic carbocycles. The summed E-state index contributed by atoms with van der Waals surface area (Å²) in [5, 5.41) is 1.09. The maximum Gasteiger partial charge on any atom is 0.142 e. The maximum atomic E-state index is 5.90. The van der Waals surface area contributed by atoms with Gasteiger partial charge in [-0.1, -0.05) is 0 Å². The van der Waals surface area contributed by atoms with Crippen molar-refractivity contribution in [3.8, 4) is 0 Å². The average Bonchev–Trinajstić information content (AvgIpc) is 2.73. The lowest BCUT2D eigenvalue weighted by Gasteiger charge is -2.38. The lowest BCUT2D eigenvalue weighted by molar-refractivity contribution is 0.389.